The first kappa shape index (κ1) is 12.3. The highest BCUT2D eigenvalue weighted by Crippen LogP contribution is 2.22. The van der Waals surface area contributed by atoms with E-state index in [9.17, 15) is 4.79 Å². The summed E-state index contributed by atoms with van der Waals surface area (Å²) in [7, 11) is 0. The summed E-state index contributed by atoms with van der Waals surface area (Å²) in [5, 5.41) is 0. The average molecular weight is 233 g/mol. The molecule has 1 aliphatic rings. The Labute approximate surface area is 102 Å². The van der Waals surface area contributed by atoms with Crippen molar-refractivity contribution in [3.8, 4) is 0 Å². The van der Waals surface area contributed by atoms with Gasteiger partial charge in [-0.3, -0.25) is 4.79 Å². The quantitative estimate of drug-likeness (QED) is 0.808. The number of ether oxygens (including phenoxy) is 1. The minimum absolute atomic E-state index is 0.0545. The number of rotatable bonds is 4. The van der Waals surface area contributed by atoms with E-state index in [4.69, 9.17) is 10.5 Å². The fraction of sp³-hybridized carbons (Fsp3) is 0.500. The molecule has 92 valence electrons. The number of carbonyl (C=O) groups excluding carboxylic acids is 1. The van der Waals surface area contributed by atoms with Gasteiger partial charge in [0.05, 0.1) is 6.10 Å². The van der Waals surface area contributed by atoms with Gasteiger partial charge >= 0.3 is 0 Å². The molecule has 0 aliphatic carbocycles. The van der Waals surface area contributed by atoms with E-state index < -0.39 is 0 Å². The minimum Gasteiger partial charge on any atom is -0.366 e. The van der Waals surface area contributed by atoms with Crippen LogP contribution in [0.15, 0.2) is 24.3 Å². The Bertz CT molecular complexity index is 386. The lowest BCUT2D eigenvalue weighted by atomic mass is 10.0. The summed E-state index contributed by atoms with van der Waals surface area (Å²) in [6, 6.07) is 7.78. The van der Waals surface area contributed by atoms with Crippen LogP contribution >= 0.6 is 0 Å². The Kier molecular flexibility index (Phi) is 3.92. The van der Waals surface area contributed by atoms with E-state index in [1.54, 1.807) is 0 Å². The van der Waals surface area contributed by atoms with Crippen molar-refractivity contribution >= 4 is 5.78 Å². The number of ketones is 1. The largest absolute Gasteiger partial charge is 0.366 e. The maximum atomic E-state index is 12.1. The summed E-state index contributed by atoms with van der Waals surface area (Å²) in [5.74, 6) is 0.0867. The van der Waals surface area contributed by atoms with E-state index in [0.717, 1.165) is 24.8 Å². The number of hydrogen-bond acceptors (Lipinski definition) is 3. The first-order valence-electron chi connectivity index (χ1n) is 6.23. The third-order valence-corrected chi connectivity index (χ3v) is 3.31. The number of aryl methyl sites for hydroxylation is 1. The van der Waals surface area contributed by atoms with Gasteiger partial charge in [-0.05, 0) is 24.8 Å². The van der Waals surface area contributed by atoms with E-state index in [0.29, 0.717) is 6.54 Å². The van der Waals surface area contributed by atoms with Gasteiger partial charge in [0.1, 0.15) is 6.10 Å². The zero-order valence-corrected chi connectivity index (χ0v) is 10.2. The van der Waals surface area contributed by atoms with Crippen molar-refractivity contribution in [2.24, 2.45) is 5.73 Å². The molecule has 3 heteroatoms. The summed E-state index contributed by atoms with van der Waals surface area (Å²) < 4.78 is 5.61. The van der Waals surface area contributed by atoms with E-state index in [1.165, 1.54) is 5.56 Å². The highest BCUT2D eigenvalue weighted by atomic mass is 16.5. The summed E-state index contributed by atoms with van der Waals surface area (Å²) in [6.45, 7) is 2.60. The smallest absolute Gasteiger partial charge is 0.191 e. The van der Waals surface area contributed by atoms with Crippen molar-refractivity contribution in [2.75, 3.05) is 6.54 Å². The van der Waals surface area contributed by atoms with Crippen LogP contribution in [0, 0.1) is 0 Å². The van der Waals surface area contributed by atoms with Crippen LogP contribution in [0.3, 0.4) is 0 Å². The molecule has 0 bridgehead atoms. The number of carbonyl (C=O) groups is 1. The van der Waals surface area contributed by atoms with E-state index in [1.807, 2.05) is 24.3 Å². The molecule has 0 radical (unpaired) electrons. The highest BCUT2D eigenvalue weighted by molar-refractivity contribution is 5.99. The van der Waals surface area contributed by atoms with Gasteiger partial charge in [0.25, 0.3) is 0 Å². The van der Waals surface area contributed by atoms with Gasteiger partial charge < -0.3 is 10.5 Å². The van der Waals surface area contributed by atoms with Gasteiger partial charge in [0, 0.05) is 12.1 Å². The second-order valence-corrected chi connectivity index (χ2v) is 4.47. The van der Waals surface area contributed by atoms with Gasteiger partial charge in [-0.1, -0.05) is 31.2 Å². The highest BCUT2D eigenvalue weighted by Gasteiger charge is 2.30. The fourth-order valence-corrected chi connectivity index (χ4v) is 2.16. The lowest BCUT2D eigenvalue weighted by molar-refractivity contribution is 0.0404. The lowest BCUT2D eigenvalue weighted by Gasteiger charge is -2.11. The van der Waals surface area contributed by atoms with E-state index in [-0.39, 0.29) is 18.0 Å². The molecule has 1 heterocycles. The number of benzene rings is 1. The van der Waals surface area contributed by atoms with Crippen molar-refractivity contribution < 1.29 is 9.53 Å². The van der Waals surface area contributed by atoms with Crippen LogP contribution in [-0.2, 0) is 11.2 Å². The van der Waals surface area contributed by atoms with Crippen molar-refractivity contribution in [3.05, 3.63) is 35.4 Å². The molecule has 1 aliphatic heterocycles. The van der Waals surface area contributed by atoms with Crippen molar-refractivity contribution in [2.45, 2.75) is 38.4 Å². The lowest BCUT2D eigenvalue weighted by Crippen LogP contribution is -2.25. The molecular weight excluding hydrogens is 214 g/mol. The van der Waals surface area contributed by atoms with E-state index in [2.05, 4.69) is 6.92 Å². The monoisotopic (exact) mass is 233 g/mol. The molecule has 1 saturated heterocycles. The van der Waals surface area contributed by atoms with Gasteiger partial charge in [-0.25, -0.2) is 0 Å². The number of Topliss-reactive ketones (excluding diaryl/α,β-unsaturated/α-hetero) is 1. The molecule has 3 nitrogen and oxygen atoms in total. The summed E-state index contributed by atoms with van der Waals surface area (Å²) in [4.78, 5) is 12.1. The van der Waals surface area contributed by atoms with Crippen LogP contribution in [0.1, 0.15) is 35.7 Å². The van der Waals surface area contributed by atoms with Gasteiger partial charge in [0.15, 0.2) is 5.78 Å². The Morgan fingerprint density at radius 3 is 2.59 bits per heavy atom. The van der Waals surface area contributed by atoms with Crippen LogP contribution in [0.4, 0.5) is 0 Å². The van der Waals surface area contributed by atoms with Crippen molar-refractivity contribution in [1.29, 1.82) is 0 Å². The third kappa shape index (κ3) is 2.73. The summed E-state index contributed by atoms with van der Waals surface area (Å²) in [5.41, 5.74) is 7.52. The first-order chi connectivity index (χ1) is 8.24. The second kappa shape index (κ2) is 5.43. The maximum absolute atomic E-state index is 12.1. The predicted octanol–water partition coefficient (Wildman–Crippen LogP) is 1.94. The maximum Gasteiger partial charge on any atom is 0.191 e. The fourth-order valence-electron chi connectivity index (χ4n) is 2.16. The molecule has 0 saturated carbocycles. The molecule has 17 heavy (non-hydrogen) atoms. The number of hydrogen-bond donors (Lipinski definition) is 1. The van der Waals surface area contributed by atoms with Crippen molar-refractivity contribution in [1.82, 2.24) is 0 Å². The number of nitrogens with two attached hydrogens (primary N) is 1. The van der Waals surface area contributed by atoms with Gasteiger partial charge in [-0.2, -0.15) is 0 Å². The van der Waals surface area contributed by atoms with Crippen LogP contribution < -0.4 is 5.73 Å². The van der Waals surface area contributed by atoms with Crippen LogP contribution in [0.2, 0.25) is 0 Å². The minimum atomic E-state index is -0.295. The van der Waals surface area contributed by atoms with Crippen LogP contribution in [0.25, 0.3) is 0 Å². The molecule has 1 aromatic rings. The molecule has 2 unspecified atom stereocenters. The van der Waals surface area contributed by atoms with Crippen molar-refractivity contribution in [3.63, 3.8) is 0 Å². The second-order valence-electron chi connectivity index (χ2n) is 4.47. The Morgan fingerprint density at radius 1 is 1.35 bits per heavy atom. The predicted molar refractivity (Wildman–Crippen MR) is 67.1 cm³/mol. The van der Waals surface area contributed by atoms with Crippen LogP contribution in [0.5, 0.6) is 0 Å². The molecule has 0 spiro atoms. The SMILES string of the molecule is CCc1ccc(C(=O)C2CCC(CN)O2)cc1. The molecule has 0 amide bonds. The molecule has 2 N–H and O–H groups in total. The molecular formula is C14H19NO2. The van der Waals surface area contributed by atoms with Gasteiger partial charge in [-0.15, -0.1) is 0 Å². The Hall–Kier alpha value is -1.19. The first-order valence-corrected chi connectivity index (χ1v) is 6.23. The molecule has 2 rings (SSSR count). The normalized spacial score (nSPS) is 23.9. The molecule has 1 fully saturated rings. The zero-order chi connectivity index (χ0) is 12.3. The van der Waals surface area contributed by atoms with Gasteiger partial charge in [0.2, 0.25) is 0 Å². The molecule has 0 aromatic heterocycles. The van der Waals surface area contributed by atoms with Crippen LogP contribution in [-0.4, -0.2) is 24.5 Å². The molecule has 2 atom stereocenters. The topological polar surface area (TPSA) is 52.3 Å². The van der Waals surface area contributed by atoms with E-state index >= 15 is 0 Å². The third-order valence-electron chi connectivity index (χ3n) is 3.31. The zero-order valence-electron chi connectivity index (χ0n) is 10.2. The Morgan fingerprint density at radius 2 is 2.06 bits per heavy atom. The standard InChI is InChI=1S/C14H19NO2/c1-2-10-3-5-11(6-4-10)14(16)13-8-7-12(9-15)17-13/h3-6,12-13H,2,7-9,15H2,1H3. The molecule has 1 aromatic carbocycles. The average Bonchev–Trinajstić information content (AvgIpc) is 2.87. The summed E-state index contributed by atoms with van der Waals surface area (Å²) in [6.07, 6.45) is 2.43. The Balaban J connectivity index is 2.04. The summed E-state index contributed by atoms with van der Waals surface area (Å²) >= 11 is 0.